The number of hydrogen-bond acceptors (Lipinski definition) is 3. The number of fused-ring (bicyclic) bond motifs is 1. The molecule has 1 saturated heterocycles. The molecular formula is C23H30N2O3. The van der Waals surface area contributed by atoms with Crippen LogP contribution in [0.1, 0.15) is 56.1 Å². The molecule has 1 aromatic heterocycles. The molecule has 2 heterocycles. The summed E-state index contributed by atoms with van der Waals surface area (Å²) in [6.07, 6.45) is 9.65. The molecule has 2 fully saturated rings. The van der Waals surface area contributed by atoms with Crippen molar-refractivity contribution in [1.82, 2.24) is 10.2 Å². The highest BCUT2D eigenvalue weighted by atomic mass is 16.3. The van der Waals surface area contributed by atoms with Gasteiger partial charge in [-0.1, -0.05) is 31.4 Å². The number of aryl methyl sites for hydroxylation is 1. The van der Waals surface area contributed by atoms with Gasteiger partial charge in [-0.05, 0) is 44.2 Å². The van der Waals surface area contributed by atoms with E-state index in [1.54, 1.807) is 6.26 Å². The highest BCUT2D eigenvalue weighted by molar-refractivity contribution is 5.88. The van der Waals surface area contributed by atoms with Gasteiger partial charge < -0.3 is 14.6 Å². The van der Waals surface area contributed by atoms with E-state index in [4.69, 9.17) is 4.42 Å². The van der Waals surface area contributed by atoms with Gasteiger partial charge in [0.25, 0.3) is 0 Å². The molecule has 2 aliphatic rings. The quantitative estimate of drug-likeness (QED) is 0.870. The number of carbonyl (C=O) groups is 2. The van der Waals surface area contributed by atoms with Crippen LogP contribution < -0.4 is 5.32 Å². The summed E-state index contributed by atoms with van der Waals surface area (Å²) in [5.41, 5.74) is 2.89. The Balaban J connectivity index is 1.36. The van der Waals surface area contributed by atoms with E-state index < -0.39 is 0 Å². The van der Waals surface area contributed by atoms with Crippen molar-refractivity contribution in [2.75, 3.05) is 13.1 Å². The van der Waals surface area contributed by atoms with Crippen LogP contribution in [0.5, 0.6) is 0 Å². The van der Waals surface area contributed by atoms with Crippen molar-refractivity contribution in [3.8, 4) is 0 Å². The summed E-state index contributed by atoms with van der Waals surface area (Å²) >= 11 is 0. The van der Waals surface area contributed by atoms with Crippen molar-refractivity contribution in [3.05, 3.63) is 35.6 Å². The molecule has 2 amide bonds. The Hall–Kier alpha value is -2.30. The third-order valence-electron chi connectivity index (χ3n) is 6.25. The predicted octanol–water partition coefficient (Wildman–Crippen LogP) is 3.97. The maximum absolute atomic E-state index is 12.9. The summed E-state index contributed by atoms with van der Waals surface area (Å²) in [6.45, 7) is 3.30. The van der Waals surface area contributed by atoms with Crippen LogP contribution in [-0.4, -0.2) is 35.8 Å². The van der Waals surface area contributed by atoms with Crippen molar-refractivity contribution < 1.29 is 14.0 Å². The summed E-state index contributed by atoms with van der Waals surface area (Å²) in [7, 11) is 0. The third-order valence-corrected chi connectivity index (χ3v) is 6.25. The van der Waals surface area contributed by atoms with Gasteiger partial charge in [0, 0.05) is 30.1 Å². The van der Waals surface area contributed by atoms with Gasteiger partial charge >= 0.3 is 0 Å². The zero-order chi connectivity index (χ0) is 19.5. The molecule has 1 N–H and O–H groups in total. The average molecular weight is 383 g/mol. The summed E-state index contributed by atoms with van der Waals surface area (Å²) in [6, 6.07) is 6.38. The molecule has 150 valence electrons. The summed E-state index contributed by atoms with van der Waals surface area (Å²) in [5.74, 6) is 0.135. The molecule has 4 rings (SSSR count). The van der Waals surface area contributed by atoms with Gasteiger partial charge in [-0.3, -0.25) is 9.59 Å². The molecule has 1 atom stereocenters. The van der Waals surface area contributed by atoms with Crippen LogP contribution in [0, 0.1) is 12.8 Å². The van der Waals surface area contributed by atoms with Crippen LogP contribution in [0.4, 0.5) is 0 Å². The molecule has 5 heteroatoms. The largest absolute Gasteiger partial charge is 0.464 e. The fraction of sp³-hybridized carbons (Fsp3) is 0.565. The monoisotopic (exact) mass is 382 g/mol. The zero-order valence-corrected chi connectivity index (χ0v) is 16.7. The molecule has 1 unspecified atom stereocenters. The molecule has 0 radical (unpaired) electrons. The van der Waals surface area contributed by atoms with E-state index in [1.807, 2.05) is 30.0 Å². The zero-order valence-electron chi connectivity index (χ0n) is 16.7. The minimum atomic E-state index is -0.0802. The van der Waals surface area contributed by atoms with Gasteiger partial charge in [0.05, 0.1) is 18.6 Å². The molecule has 28 heavy (non-hydrogen) atoms. The second-order valence-electron chi connectivity index (χ2n) is 8.46. The number of benzene rings is 1. The van der Waals surface area contributed by atoms with Gasteiger partial charge in [-0.2, -0.15) is 0 Å². The SMILES string of the molecule is Cc1ccc2c(CC(=O)N3CCCC(C(=O)NC4CCCCC4)C3)coc2c1. The number of piperidine rings is 1. The number of nitrogens with one attached hydrogen (secondary N) is 1. The fourth-order valence-corrected chi connectivity index (χ4v) is 4.59. The summed E-state index contributed by atoms with van der Waals surface area (Å²) in [4.78, 5) is 27.4. The Bertz CT molecular complexity index is 851. The second kappa shape index (κ2) is 8.38. The minimum Gasteiger partial charge on any atom is -0.464 e. The number of amides is 2. The van der Waals surface area contributed by atoms with Gasteiger partial charge in [-0.15, -0.1) is 0 Å². The van der Waals surface area contributed by atoms with Crippen molar-refractivity contribution in [1.29, 1.82) is 0 Å². The van der Waals surface area contributed by atoms with E-state index in [-0.39, 0.29) is 17.7 Å². The minimum absolute atomic E-state index is 0.0802. The Morgan fingerprint density at radius 3 is 2.79 bits per heavy atom. The number of hydrogen-bond donors (Lipinski definition) is 1. The van der Waals surface area contributed by atoms with Gasteiger partial charge in [-0.25, -0.2) is 0 Å². The highest BCUT2D eigenvalue weighted by Gasteiger charge is 2.30. The van der Waals surface area contributed by atoms with Crippen LogP contribution in [0.15, 0.2) is 28.9 Å². The molecule has 2 aromatic rings. The first-order valence-corrected chi connectivity index (χ1v) is 10.6. The van der Waals surface area contributed by atoms with E-state index in [2.05, 4.69) is 5.32 Å². The lowest BCUT2D eigenvalue weighted by Gasteiger charge is -2.33. The molecule has 1 aromatic carbocycles. The smallest absolute Gasteiger partial charge is 0.227 e. The van der Waals surface area contributed by atoms with Gasteiger partial charge in [0.1, 0.15) is 5.58 Å². The molecule has 1 aliphatic carbocycles. The van der Waals surface area contributed by atoms with Crippen molar-refractivity contribution in [3.63, 3.8) is 0 Å². The van der Waals surface area contributed by atoms with Gasteiger partial charge in [0.2, 0.25) is 11.8 Å². The maximum atomic E-state index is 12.9. The Morgan fingerprint density at radius 1 is 1.14 bits per heavy atom. The van der Waals surface area contributed by atoms with E-state index in [1.165, 1.54) is 19.3 Å². The van der Waals surface area contributed by atoms with Gasteiger partial charge in [0.15, 0.2) is 0 Å². The molecular weight excluding hydrogens is 352 g/mol. The van der Waals surface area contributed by atoms with E-state index >= 15 is 0 Å². The predicted molar refractivity (Wildman–Crippen MR) is 109 cm³/mol. The molecule has 0 spiro atoms. The lowest BCUT2D eigenvalue weighted by Crippen LogP contribution is -2.48. The lowest BCUT2D eigenvalue weighted by atomic mass is 9.93. The van der Waals surface area contributed by atoms with Crippen LogP contribution in [-0.2, 0) is 16.0 Å². The first-order valence-electron chi connectivity index (χ1n) is 10.6. The van der Waals surface area contributed by atoms with Crippen LogP contribution in [0.3, 0.4) is 0 Å². The summed E-state index contributed by atoms with van der Waals surface area (Å²) < 4.78 is 5.63. The van der Waals surface area contributed by atoms with E-state index in [9.17, 15) is 9.59 Å². The first-order chi connectivity index (χ1) is 13.6. The molecule has 5 nitrogen and oxygen atoms in total. The summed E-state index contributed by atoms with van der Waals surface area (Å²) in [5, 5.41) is 4.23. The normalized spacial score (nSPS) is 21.0. The van der Waals surface area contributed by atoms with Crippen LogP contribution >= 0.6 is 0 Å². The maximum Gasteiger partial charge on any atom is 0.227 e. The van der Waals surface area contributed by atoms with Crippen molar-refractivity contribution in [2.45, 2.75) is 64.3 Å². The Labute approximate surface area is 166 Å². The number of carbonyl (C=O) groups excluding carboxylic acids is 2. The van der Waals surface area contributed by atoms with E-state index in [0.29, 0.717) is 19.0 Å². The lowest BCUT2D eigenvalue weighted by molar-refractivity contribution is -0.135. The average Bonchev–Trinajstić information content (AvgIpc) is 3.10. The van der Waals surface area contributed by atoms with E-state index in [0.717, 1.165) is 54.3 Å². The van der Waals surface area contributed by atoms with Crippen molar-refractivity contribution >= 4 is 22.8 Å². The van der Waals surface area contributed by atoms with Crippen molar-refractivity contribution in [2.24, 2.45) is 5.92 Å². The number of likely N-dealkylation sites (tertiary alicyclic amines) is 1. The highest BCUT2D eigenvalue weighted by Crippen LogP contribution is 2.25. The first kappa shape index (κ1) is 19.0. The molecule has 0 bridgehead atoms. The number of furan rings is 1. The number of nitrogens with zero attached hydrogens (tertiary/aromatic N) is 1. The molecule has 1 aliphatic heterocycles. The van der Waals surface area contributed by atoms with Crippen LogP contribution in [0.2, 0.25) is 0 Å². The topological polar surface area (TPSA) is 62.6 Å². The third kappa shape index (κ3) is 4.23. The Kier molecular flexibility index (Phi) is 5.69. The second-order valence-corrected chi connectivity index (χ2v) is 8.46. The number of rotatable bonds is 4. The van der Waals surface area contributed by atoms with Crippen LogP contribution in [0.25, 0.3) is 11.0 Å². The molecule has 1 saturated carbocycles. The Morgan fingerprint density at radius 2 is 1.96 bits per heavy atom. The standard InChI is InChI=1S/C23H30N2O3/c1-16-9-10-20-18(15-28-21(20)12-16)13-22(26)25-11-5-6-17(14-25)23(27)24-19-7-3-2-4-8-19/h9-10,12,15,17,19H,2-8,11,13-14H2,1H3,(H,24,27). The fourth-order valence-electron chi connectivity index (χ4n) is 4.59.